The second-order valence-corrected chi connectivity index (χ2v) is 8.41. The molecule has 0 spiro atoms. The maximum Gasteiger partial charge on any atom is 0.273 e. The Morgan fingerprint density at radius 1 is 0.838 bits per heavy atom. The van der Waals surface area contributed by atoms with Crippen LogP contribution >= 0.6 is 0 Å². The number of ether oxygens (including phenoxy) is 2. The monoisotopic (exact) mass is 499 g/mol. The highest BCUT2D eigenvalue weighted by molar-refractivity contribution is 5.94. The Hall–Kier alpha value is -4.59. The van der Waals surface area contributed by atoms with Gasteiger partial charge in [-0.2, -0.15) is 0 Å². The minimum Gasteiger partial charge on any atom is -0.497 e. The molecule has 8 heteroatoms. The summed E-state index contributed by atoms with van der Waals surface area (Å²) in [5.41, 5.74) is 2.70. The van der Waals surface area contributed by atoms with E-state index in [2.05, 4.69) is 10.5 Å². The van der Waals surface area contributed by atoms with Gasteiger partial charge < -0.3 is 24.2 Å². The average Bonchev–Trinajstić information content (AvgIpc) is 3.42. The van der Waals surface area contributed by atoms with Crippen LogP contribution in [0, 0.1) is 0 Å². The van der Waals surface area contributed by atoms with Gasteiger partial charge in [-0.25, -0.2) is 0 Å². The fourth-order valence-electron chi connectivity index (χ4n) is 3.83. The molecule has 0 bridgehead atoms. The van der Waals surface area contributed by atoms with Gasteiger partial charge in [-0.1, -0.05) is 53.7 Å². The molecule has 1 heterocycles. The van der Waals surface area contributed by atoms with E-state index in [1.54, 1.807) is 49.5 Å². The van der Waals surface area contributed by atoms with Crippen LogP contribution in [-0.4, -0.2) is 42.6 Å². The molecule has 1 N–H and O–H groups in total. The van der Waals surface area contributed by atoms with Gasteiger partial charge in [-0.15, -0.1) is 0 Å². The second-order valence-electron chi connectivity index (χ2n) is 8.41. The Labute approximate surface area is 215 Å². The number of aromatic nitrogens is 1. The first-order valence-corrected chi connectivity index (χ1v) is 11.9. The van der Waals surface area contributed by atoms with E-state index in [4.69, 9.17) is 14.0 Å². The third-order valence-corrected chi connectivity index (χ3v) is 5.82. The van der Waals surface area contributed by atoms with E-state index in [-0.39, 0.29) is 24.1 Å². The van der Waals surface area contributed by atoms with Gasteiger partial charge >= 0.3 is 0 Å². The van der Waals surface area contributed by atoms with Crippen LogP contribution in [0.3, 0.4) is 0 Å². The Balaban J connectivity index is 1.41. The van der Waals surface area contributed by atoms with Gasteiger partial charge in [0.2, 0.25) is 0 Å². The van der Waals surface area contributed by atoms with E-state index in [0.29, 0.717) is 36.6 Å². The molecule has 1 aromatic heterocycles. The number of nitrogens with one attached hydrogen (secondary N) is 1. The lowest BCUT2D eigenvalue weighted by atomic mass is 10.1. The Morgan fingerprint density at radius 2 is 1.59 bits per heavy atom. The largest absolute Gasteiger partial charge is 0.497 e. The summed E-state index contributed by atoms with van der Waals surface area (Å²) in [4.78, 5) is 27.7. The van der Waals surface area contributed by atoms with E-state index in [1.807, 2.05) is 54.6 Å². The van der Waals surface area contributed by atoms with Crippen molar-refractivity contribution in [1.29, 1.82) is 0 Å². The molecule has 37 heavy (non-hydrogen) atoms. The molecule has 0 fully saturated rings. The predicted octanol–water partition coefficient (Wildman–Crippen LogP) is 4.51. The lowest BCUT2D eigenvalue weighted by Gasteiger charge is -2.22. The zero-order valence-electron chi connectivity index (χ0n) is 20.8. The normalized spacial score (nSPS) is 10.5. The fourth-order valence-corrected chi connectivity index (χ4v) is 3.83. The summed E-state index contributed by atoms with van der Waals surface area (Å²) in [6.07, 6.45) is 0.667. The predicted molar refractivity (Wildman–Crippen MR) is 139 cm³/mol. The first-order chi connectivity index (χ1) is 18.1. The topological polar surface area (TPSA) is 93.9 Å². The zero-order chi connectivity index (χ0) is 26.0. The molecule has 3 aromatic carbocycles. The highest BCUT2D eigenvalue weighted by Crippen LogP contribution is 2.19. The fraction of sp³-hybridized carbons (Fsp3) is 0.207. The third-order valence-electron chi connectivity index (χ3n) is 5.82. The highest BCUT2D eigenvalue weighted by Gasteiger charge is 2.21. The molecule has 0 unspecified atom stereocenters. The number of rotatable bonds is 11. The molecule has 0 radical (unpaired) electrons. The Kier molecular flexibility index (Phi) is 8.54. The van der Waals surface area contributed by atoms with Crippen LogP contribution in [0.25, 0.3) is 0 Å². The Morgan fingerprint density at radius 3 is 2.32 bits per heavy atom. The van der Waals surface area contributed by atoms with Crippen molar-refractivity contribution >= 4 is 11.8 Å². The van der Waals surface area contributed by atoms with Gasteiger partial charge in [-0.3, -0.25) is 9.59 Å². The SMILES string of the molecule is COc1ccc(CCNC(=O)c2cc(CN(Cc3ccccc3)C(=O)c3cccc(OC)c3)on2)cc1. The molecule has 4 rings (SSSR count). The second kappa shape index (κ2) is 12.4. The van der Waals surface area contributed by atoms with Crippen molar-refractivity contribution in [3.05, 3.63) is 113 Å². The van der Waals surface area contributed by atoms with Gasteiger partial charge in [-0.05, 0) is 47.9 Å². The number of carbonyl (C=O) groups excluding carboxylic acids is 2. The molecular formula is C29H29N3O5. The minimum atomic E-state index is -0.336. The first-order valence-electron chi connectivity index (χ1n) is 11.9. The summed E-state index contributed by atoms with van der Waals surface area (Å²) >= 11 is 0. The molecule has 0 aliphatic rings. The maximum atomic E-state index is 13.4. The quantitative estimate of drug-likeness (QED) is 0.326. The summed E-state index contributed by atoms with van der Waals surface area (Å²) < 4.78 is 15.9. The van der Waals surface area contributed by atoms with Crippen LogP contribution in [0.1, 0.15) is 37.7 Å². The van der Waals surface area contributed by atoms with E-state index in [0.717, 1.165) is 16.9 Å². The zero-order valence-corrected chi connectivity index (χ0v) is 20.8. The van der Waals surface area contributed by atoms with Gasteiger partial charge in [0, 0.05) is 24.7 Å². The lowest BCUT2D eigenvalue weighted by molar-refractivity contribution is 0.0712. The Bertz CT molecular complexity index is 1320. The molecule has 0 aliphatic heterocycles. The van der Waals surface area contributed by atoms with Crippen molar-refractivity contribution in [2.75, 3.05) is 20.8 Å². The number of hydrogen-bond donors (Lipinski definition) is 1. The lowest BCUT2D eigenvalue weighted by Crippen LogP contribution is -2.30. The van der Waals surface area contributed by atoms with Crippen LogP contribution in [0.2, 0.25) is 0 Å². The van der Waals surface area contributed by atoms with E-state index in [9.17, 15) is 9.59 Å². The van der Waals surface area contributed by atoms with Crippen molar-refractivity contribution in [3.8, 4) is 11.5 Å². The van der Waals surface area contributed by atoms with Gasteiger partial charge in [0.05, 0.1) is 20.8 Å². The number of benzene rings is 3. The van der Waals surface area contributed by atoms with Crippen molar-refractivity contribution < 1.29 is 23.6 Å². The van der Waals surface area contributed by atoms with Crippen LogP contribution < -0.4 is 14.8 Å². The molecular weight excluding hydrogens is 470 g/mol. The molecule has 8 nitrogen and oxygen atoms in total. The molecule has 0 saturated carbocycles. The van der Waals surface area contributed by atoms with Crippen molar-refractivity contribution in [1.82, 2.24) is 15.4 Å². The van der Waals surface area contributed by atoms with E-state index in [1.165, 1.54) is 0 Å². The summed E-state index contributed by atoms with van der Waals surface area (Å²) in [6, 6.07) is 25.9. The van der Waals surface area contributed by atoms with Crippen LogP contribution in [0.5, 0.6) is 11.5 Å². The number of methoxy groups -OCH3 is 2. The maximum absolute atomic E-state index is 13.4. The molecule has 0 atom stereocenters. The van der Waals surface area contributed by atoms with Crippen molar-refractivity contribution in [2.45, 2.75) is 19.5 Å². The van der Waals surface area contributed by atoms with Crippen LogP contribution in [0.4, 0.5) is 0 Å². The molecule has 190 valence electrons. The van der Waals surface area contributed by atoms with Crippen molar-refractivity contribution in [2.24, 2.45) is 0 Å². The number of hydrogen-bond acceptors (Lipinski definition) is 6. The van der Waals surface area contributed by atoms with E-state index >= 15 is 0 Å². The summed E-state index contributed by atoms with van der Waals surface area (Å²) in [5.74, 6) is 1.27. The number of carbonyl (C=O) groups is 2. The minimum absolute atomic E-state index is 0.150. The van der Waals surface area contributed by atoms with Gasteiger partial charge in [0.25, 0.3) is 11.8 Å². The first kappa shape index (κ1) is 25.5. The summed E-state index contributed by atoms with van der Waals surface area (Å²) in [5, 5.41) is 6.78. The van der Waals surface area contributed by atoms with E-state index < -0.39 is 0 Å². The van der Waals surface area contributed by atoms with Crippen LogP contribution in [-0.2, 0) is 19.5 Å². The number of nitrogens with zero attached hydrogens (tertiary/aromatic N) is 2. The third kappa shape index (κ3) is 6.98. The van der Waals surface area contributed by atoms with Gasteiger partial charge in [0.1, 0.15) is 11.5 Å². The van der Waals surface area contributed by atoms with Crippen molar-refractivity contribution in [3.63, 3.8) is 0 Å². The van der Waals surface area contributed by atoms with Crippen LogP contribution in [0.15, 0.2) is 89.5 Å². The number of amides is 2. The standard InChI is InChI=1S/C29H29N3O5/c1-35-24-13-11-21(12-14-24)15-16-30-28(33)27-18-26(37-31-27)20-32(19-22-7-4-3-5-8-22)29(34)23-9-6-10-25(17-23)36-2/h3-14,17-18H,15-16,19-20H2,1-2H3,(H,30,33). The highest BCUT2D eigenvalue weighted by atomic mass is 16.5. The summed E-state index contributed by atoms with van der Waals surface area (Å²) in [7, 11) is 3.18. The smallest absolute Gasteiger partial charge is 0.273 e. The van der Waals surface area contributed by atoms with Gasteiger partial charge in [0.15, 0.2) is 11.5 Å². The molecule has 0 saturated heterocycles. The molecule has 4 aromatic rings. The molecule has 0 aliphatic carbocycles. The average molecular weight is 500 g/mol. The summed E-state index contributed by atoms with van der Waals surface area (Å²) in [6.45, 7) is 0.958. The molecule has 2 amide bonds.